The van der Waals surface area contributed by atoms with E-state index in [1.807, 2.05) is 0 Å². The SMILES string of the molecule is C=C1C(=O)O[C@H]2/C=C(/C)C3=CC(=O)[C@@](C)(C[C@@H](OC(=O)/C(C)=C/COC(C)=O)[C@H]12)O3. The lowest BCUT2D eigenvalue weighted by molar-refractivity contribution is -0.153. The summed E-state index contributed by atoms with van der Waals surface area (Å²) < 4.78 is 21.8. The lowest BCUT2D eigenvalue weighted by Gasteiger charge is -2.31. The van der Waals surface area contributed by atoms with E-state index in [1.54, 1.807) is 19.9 Å². The third-order valence-corrected chi connectivity index (χ3v) is 5.43. The van der Waals surface area contributed by atoms with Crippen LogP contribution >= 0.6 is 0 Å². The van der Waals surface area contributed by atoms with Gasteiger partial charge in [0.2, 0.25) is 5.78 Å². The van der Waals surface area contributed by atoms with Crippen LogP contribution in [0.3, 0.4) is 0 Å². The van der Waals surface area contributed by atoms with Crippen molar-refractivity contribution in [2.24, 2.45) is 5.92 Å². The zero-order chi connectivity index (χ0) is 22.2. The number of fused-ring (bicyclic) bond motifs is 3. The number of ketones is 1. The van der Waals surface area contributed by atoms with Gasteiger partial charge < -0.3 is 18.9 Å². The number of carbonyl (C=O) groups excluding carboxylic acids is 4. The van der Waals surface area contributed by atoms with Crippen LogP contribution in [0.2, 0.25) is 0 Å². The third-order valence-electron chi connectivity index (χ3n) is 5.43. The molecule has 8 heteroatoms. The molecule has 160 valence electrons. The van der Waals surface area contributed by atoms with Crippen molar-refractivity contribution in [1.82, 2.24) is 0 Å². The maximum absolute atomic E-state index is 12.7. The van der Waals surface area contributed by atoms with Gasteiger partial charge in [0.05, 0.1) is 5.92 Å². The number of rotatable bonds is 4. The van der Waals surface area contributed by atoms with E-state index in [9.17, 15) is 19.2 Å². The van der Waals surface area contributed by atoms with E-state index >= 15 is 0 Å². The number of carbonyl (C=O) groups is 4. The summed E-state index contributed by atoms with van der Waals surface area (Å²) in [5.41, 5.74) is -0.205. The topological polar surface area (TPSA) is 105 Å². The summed E-state index contributed by atoms with van der Waals surface area (Å²) in [5, 5.41) is 0. The van der Waals surface area contributed by atoms with E-state index in [0.29, 0.717) is 11.3 Å². The van der Waals surface area contributed by atoms with Gasteiger partial charge in [0, 0.05) is 30.6 Å². The van der Waals surface area contributed by atoms with Gasteiger partial charge in [0.25, 0.3) is 0 Å². The van der Waals surface area contributed by atoms with Gasteiger partial charge in [0.15, 0.2) is 5.60 Å². The largest absolute Gasteiger partial charge is 0.479 e. The average Bonchev–Trinajstić information content (AvgIpc) is 3.10. The first-order valence-electron chi connectivity index (χ1n) is 9.56. The van der Waals surface area contributed by atoms with Crippen molar-refractivity contribution in [3.8, 4) is 0 Å². The molecule has 4 atom stereocenters. The summed E-state index contributed by atoms with van der Waals surface area (Å²) in [5.74, 6) is -2.22. The first-order chi connectivity index (χ1) is 14.0. The van der Waals surface area contributed by atoms with Crippen LogP contribution in [0.1, 0.15) is 34.1 Å². The molecule has 0 aromatic rings. The minimum atomic E-state index is -1.24. The first kappa shape index (κ1) is 21.5. The molecule has 1 saturated heterocycles. The van der Waals surface area contributed by atoms with E-state index in [1.165, 1.54) is 26.0 Å². The van der Waals surface area contributed by atoms with Gasteiger partial charge in [-0.2, -0.15) is 0 Å². The summed E-state index contributed by atoms with van der Waals surface area (Å²) >= 11 is 0. The summed E-state index contributed by atoms with van der Waals surface area (Å²) in [6.07, 6.45) is 2.93. The molecule has 0 aromatic carbocycles. The van der Waals surface area contributed by atoms with Crippen LogP contribution in [0.4, 0.5) is 0 Å². The van der Waals surface area contributed by atoms with Crippen molar-refractivity contribution in [1.29, 1.82) is 0 Å². The van der Waals surface area contributed by atoms with E-state index in [4.69, 9.17) is 18.9 Å². The first-order valence-corrected chi connectivity index (χ1v) is 9.56. The maximum Gasteiger partial charge on any atom is 0.334 e. The second-order valence-electron chi connectivity index (χ2n) is 7.81. The molecular formula is C22H24O8. The molecule has 0 amide bonds. The highest BCUT2D eigenvalue weighted by Gasteiger charge is 2.51. The Kier molecular flexibility index (Phi) is 5.70. The Morgan fingerprint density at radius 2 is 2.03 bits per heavy atom. The third kappa shape index (κ3) is 4.08. The molecule has 0 aromatic heterocycles. The van der Waals surface area contributed by atoms with E-state index < -0.39 is 41.6 Å². The molecule has 0 aliphatic carbocycles. The van der Waals surface area contributed by atoms with Crippen LogP contribution in [0.5, 0.6) is 0 Å². The second-order valence-corrected chi connectivity index (χ2v) is 7.81. The Hall–Kier alpha value is -3.16. The molecule has 0 N–H and O–H groups in total. The van der Waals surface area contributed by atoms with Crippen LogP contribution in [0.25, 0.3) is 0 Å². The molecule has 0 radical (unpaired) electrons. The van der Waals surface area contributed by atoms with E-state index in [-0.39, 0.29) is 30.0 Å². The maximum atomic E-state index is 12.7. The molecular weight excluding hydrogens is 392 g/mol. The van der Waals surface area contributed by atoms with Crippen molar-refractivity contribution in [2.45, 2.75) is 51.9 Å². The fourth-order valence-corrected chi connectivity index (χ4v) is 3.66. The van der Waals surface area contributed by atoms with Gasteiger partial charge in [-0.15, -0.1) is 0 Å². The monoisotopic (exact) mass is 416 g/mol. The highest BCUT2D eigenvalue weighted by Crippen LogP contribution is 2.42. The van der Waals surface area contributed by atoms with Gasteiger partial charge >= 0.3 is 17.9 Å². The van der Waals surface area contributed by atoms with Crippen molar-refractivity contribution in [3.05, 3.63) is 47.3 Å². The number of hydrogen-bond donors (Lipinski definition) is 0. The fraction of sp³-hybridized carbons (Fsp3) is 0.455. The van der Waals surface area contributed by atoms with Crippen molar-refractivity contribution >= 4 is 23.7 Å². The Bertz CT molecular complexity index is 921. The summed E-state index contributed by atoms with van der Waals surface area (Å²) in [7, 11) is 0. The molecule has 2 bridgehead atoms. The van der Waals surface area contributed by atoms with Crippen molar-refractivity contribution < 1.29 is 38.1 Å². The van der Waals surface area contributed by atoms with Gasteiger partial charge in [-0.25, -0.2) is 9.59 Å². The quantitative estimate of drug-likeness (QED) is 0.390. The van der Waals surface area contributed by atoms with E-state index in [2.05, 4.69) is 6.58 Å². The Morgan fingerprint density at radius 1 is 1.33 bits per heavy atom. The highest BCUT2D eigenvalue weighted by atomic mass is 16.6. The van der Waals surface area contributed by atoms with Crippen molar-refractivity contribution in [3.63, 3.8) is 0 Å². The molecule has 0 spiro atoms. The lowest BCUT2D eigenvalue weighted by atomic mass is 9.82. The highest BCUT2D eigenvalue weighted by molar-refractivity contribution is 6.00. The molecule has 30 heavy (non-hydrogen) atoms. The van der Waals surface area contributed by atoms with Crippen LogP contribution < -0.4 is 0 Å². The Labute approximate surface area is 174 Å². The Balaban J connectivity index is 1.91. The van der Waals surface area contributed by atoms with Crippen LogP contribution in [-0.4, -0.2) is 48.1 Å². The van der Waals surface area contributed by atoms with Gasteiger partial charge in [-0.1, -0.05) is 6.58 Å². The minimum absolute atomic E-state index is 0.0206. The second kappa shape index (κ2) is 7.93. The number of hydrogen-bond acceptors (Lipinski definition) is 8. The molecule has 8 nitrogen and oxygen atoms in total. The molecule has 3 rings (SSSR count). The summed E-state index contributed by atoms with van der Waals surface area (Å²) in [6, 6.07) is 0. The summed E-state index contributed by atoms with van der Waals surface area (Å²) in [4.78, 5) is 48.3. The predicted molar refractivity (Wildman–Crippen MR) is 104 cm³/mol. The number of allylic oxidation sites excluding steroid dienone is 1. The Morgan fingerprint density at radius 3 is 2.70 bits per heavy atom. The molecule has 1 fully saturated rings. The fourth-order valence-electron chi connectivity index (χ4n) is 3.66. The smallest absolute Gasteiger partial charge is 0.334 e. The van der Waals surface area contributed by atoms with Crippen LogP contribution in [0.15, 0.2) is 47.3 Å². The molecule has 3 aliphatic rings. The van der Waals surface area contributed by atoms with Gasteiger partial charge in [-0.05, 0) is 38.5 Å². The van der Waals surface area contributed by atoms with Gasteiger partial charge in [-0.3, -0.25) is 9.59 Å². The predicted octanol–water partition coefficient (Wildman–Crippen LogP) is 2.10. The van der Waals surface area contributed by atoms with Crippen LogP contribution in [0, 0.1) is 5.92 Å². The van der Waals surface area contributed by atoms with Gasteiger partial charge in [0.1, 0.15) is 24.6 Å². The molecule has 3 aliphatic heterocycles. The number of esters is 3. The molecule has 3 heterocycles. The zero-order valence-electron chi connectivity index (χ0n) is 17.4. The molecule has 0 saturated carbocycles. The summed E-state index contributed by atoms with van der Waals surface area (Å²) in [6.45, 7) is 9.90. The van der Waals surface area contributed by atoms with Crippen molar-refractivity contribution in [2.75, 3.05) is 6.61 Å². The number of ether oxygens (including phenoxy) is 4. The van der Waals surface area contributed by atoms with Crippen LogP contribution in [-0.2, 0) is 38.1 Å². The van der Waals surface area contributed by atoms with E-state index in [0.717, 1.165) is 0 Å². The minimum Gasteiger partial charge on any atom is -0.479 e. The zero-order valence-corrected chi connectivity index (χ0v) is 17.4. The molecule has 0 unspecified atom stereocenters. The normalized spacial score (nSPS) is 32.5. The average molecular weight is 416 g/mol. The lowest BCUT2D eigenvalue weighted by Crippen LogP contribution is -2.42. The standard InChI is InChI=1S/C22H24O8/c1-11(6-7-27-14(4)23)20(25)29-17-10-22(5)18(24)9-15(30-22)12(2)8-16-19(17)13(3)21(26)28-16/h6,8-9,16-17,19H,3,7,10H2,1-2,4-5H3/b11-6+,12-8-/t16-,17+,19+,22+/m0/s1.